The third kappa shape index (κ3) is 5.61. The van der Waals surface area contributed by atoms with E-state index in [0.717, 1.165) is 49.8 Å². The second-order valence-corrected chi connectivity index (χ2v) is 10.1. The van der Waals surface area contributed by atoms with Gasteiger partial charge in [0.25, 0.3) is 10.0 Å². The maximum absolute atomic E-state index is 14.2. The SMILES string of the molecule is CCc1ncc(C#Cc2c(C)ncnc2N2CCN(C)CC2)cc1NS(=O)(=O)c1ccc(F)cc1F. The molecule has 3 aromatic rings. The summed E-state index contributed by atoms with van der Waals surface area (Å²) in [5.74, 6) is 4.88. The highest BCUT2D eigenvalue weighted by Gasteiger charge is 2.22. The van der Waals surface area contributed by atoms with Crippen molar-refractivity contribution in [2.24, 2.45) is 0 Å². The van der Waals surface area contributed by atoms with Crippen molar-refractivity contribution < 1.29 is 17.2 Å². The molecule has 0 saturated carbocycles. The van der Waals surface area contributed by atoms with E-state index in [0.29, 0.717) is 29.3 Å². The van der Waals surface area contributed by atoms with Gasteiger partial charge in [-0.15, -0.1) is 0 Å². The van der Waals surface area contributed by atoms with Gasteiger partial charge >= 0.3 is 0 Å². The van der Waals surface area contributed by atoms with Crippen molar-refractivity contribution >= 4 is 21.5 Å². The van der Waals surface area contributed by atoms with Gasteiger partial charge in [0.1, 0.15) is 28.7 Å². The van der Waals surface area contributed by atoms with Crippen molar-refractivity contribution in [2.75, 3.05) is 42.8 Å². The molecule has 0 radical (unpaired) electrons. The summed E-state index contributed by atoms with van der Waals surface area (Å²) in [6.45, 7) is 7.14. The van der Waals surface area contributed by atoms with Gasteiger partial charge in [-0.2, -0.15) is 0 Å². The lowest BCUT2D eigenvalue weighted by atomic mass is 10.1. The van der Waals surface area contributed by atoms with E-state index in [1.165, 1.54) is 6.33 Å². The van der Waals surface area contributed by atoms with Crippen LogP contribution in [0.3, 0.4) is 0 Å². The van der Waals surface area contributed by atoms with E-state index in [2.05, 4.69) is 48.4 Å². The van der Waals surface area contributed by atoms with E-state index in [1.54, 1.807) is 12.3 Å². The molecule has 1 fully saturated rings. The maximum Gasteiger partial charge on any atom is 0.264 e. The first kappa shape index (κ1) is 25.5. The van der Waals surface area contributed by atoms with Crippen LogP contribution in [0.4, 0.5) is 20.3 Å². The summed E-state index contributed by atoms with van der Waals surface area (Å²) in [4.78, 5) is 16.9. The van der Waals surface area contributed by atoms with E-state index in [-0.39, 0.29) is 5.69 Å². The molecule has 1 aliphatic rings. The Labute approximate surface area is 209 Å². The Hall–Kier alpha value is -3.62. The number of anilines is 2. The summed E-state index contributed by atoms with van der Waals surface area (Å²) >= 11 is 0. The molecule has 1 saturated heterocycles. The zero-order valence-electron chi connectivity index (χ0n) is 20.2. The number of likely N-dealkylation sites (N-methyl/N-ethyl adjacent to an activating group) is 1. The first-order valence-corrected chi connectivity index (χ1v) is 12.9. The van der Waals surface area contributed by atoms with Gasteiger partial charge in [-0.3, -0.25) is 9.71 Å². The number of benzene rings is 1. The molecule has 8 nitrogen and oxygen atoms in total. The molecule has 0 amide bonds. The molecular formula is C25H26F2N6O2S. The van der Waals surface area contributed by atoms with Gasteiger partial charge in [-0.05, 0) is 38.6 Å². The number of pyridine rings is 1. The second kappa shape index (κ2) is 10.6. The Balaban J connectivity index is 1.66. The normalized spacial score (nSPS) is 14.3. The van der Waals surface area contributed by atoms with Crippen LogP contribution in [0.15, 0.2) is 41.7 Å². The van der Waals surface area contributed by atoms with Crippen molar-refractivity contribution in [1.29, 1.82) is 0 Å². The molecule has 2 aromatic heterocycles. The highest BCUT2D eigenvalue weighted by atomic mass is 32.2. The lowest BCUT2D eigenvalue weighted by Gasteiger charge is -2.33. The third-order valence-corrected chi connectivity index (χ3v) is 7.28. The Morgan fingerprint density at radius 3 is 2.50 bits per heavy atom. The van der Waals surface area contributed by atoms with Gasteiger partial charge in [0.15, 0.2) is 0 Å². The number of aromatic nitrogens is 3. The fourth-order valence-corrected chi connectivity index (χ4v) is 4.96. The predicted octanol–water partition coefficient (Wildman–Crippen LogP) is 2.97. The summed E-state index contributed by atoms with van der Waals surface area (Å²) in [5.41, 5.74) is 2.52. The molecule has 0 unspecified atom stereocenters. The third-order valence-electron chi connectivity index (χ3n) is 5.88. The summed E-state index contributed by atoms with van der Waals surface area (Å²) < 4.78 is 55.4. The van der Waals surface area contributed by atoms with E-state index in [1.807, 2.05) is 13.8 Å². The highest BCUT2D eigenvalue weighted by Crippen LogP contribution is 2.24. The number of piperazine rings is 1. The minimum atomic E-state index is -4.32. The van der Waals surface area contributed by atoms with Crippen LogP contribution in [-0.2, 0) is 16.4 Å². The van der Waals surface area contributed by atoms with E-state index in [4.69, 9.17) is 0 Å². The Morgan fingerprint density at radius 1 is 1.06 bits per heavy atom. The van der Waals surface area contributed by atoms with E-state index in [9.17, 15) is 17.2 Å². The summed E-state index contributed by atoms with van der Waals surface area (Å²) in [5, 5.41) is 0. The lowest BCUT2D eigenvalue weighted by molar-refractivity contribution is 0.312. The van der Waals surface area contributed by atoms with Crippen molar-refractivity contribution in [1.82, 2.24) is 19.9 Å². The Kier molecular flexibility index (Phi) is 7.47. The van der Waals surface area contributed by atoms with Crippen LogP contribution in [0.5, 0.6) is 0 Å². The molecule has 0 bridgehead atoms. The molecule has 1 N–H and O–H groups in total. The molecule has 36 heavy (non-hydrogen) atoms. The minimum absolute atomic E-state index is 0.174. The number of sulfonamides is 1. The average Bonchev–Trinajstić information content (AvgIpc) is 2.83. The molecule has 0 atom stereocenters. The lowest BCUT2D eigenvalue weighted by Crippen LogP contribution is -2.45. The van der Waals surface area contributed by atoms with Crippen LogP contribution < -0.4 is 9.62 Å². The fourth-order valence-electron chi connectivity index (χ4n) is 3.82. The molecule has 1 aromatic carbocycles. The van der Waals surface area contributed by atoms with Crippen molar-refractivity contribution in [3.05, 3.63) is 70.9 Å². The van der Waals surface area contributed by atoms with Gasteiger partial charge in [0.05, 0.1) is 22.6 Å². The standard InChI is InChI=1S/C25H26F2N6O2S/c1-4-22-23(31-36(34,35)24-8-6-19(26)14-21(24)27)13-18(15-28-22)5-7-20-17(2)29-16-30-25(20)33-11-9-32(3)10-12-33/h6,8,13-16,31H,4,9-12H2,1-3H3. The van der Waals surface area contributed by atoms with Crippen LogP contribution in [0.25, 0.3) is 0 Å². The number of hydrogen-bond donors (Lipinski definition) is 1. The number of halogens is 2. The second-order valence-electron chi connectivity index (χ2n) is 8.45. The molecule has 4 rings (SSSR count). The number of nitrogens with zero attached hydrogens (tertiary/aromatic N) is 5. The number of nitrogens with one attached hydrogen (secondary N) is 1. The van der Waals surface area contributed by atoms with Gasteiger partial charge in [-0.1, -0.05) is 18.8 Å². The topological polar surface area (TPSA) is 91.3 Å². The van der Waals surface area contributed by atoms with Crippen LogP contribution in [0, 0.1) is 30.4 Å². The van der Waals surface area contributed by atoms with Gasteiger partial charge < -0.3 is 9.80 Å². The van der Waals surface area contributed by atoms with Gasteiger partial charge in [0, 0.05) is 44.0 Å². The number of aryl methyl sites for hydroxylation is 2. The predicted molar refractivity (Wildman–Crippen MR) is 133 cm³/mol. The fraction of sp³-hybridized carbons (Fsp3) is 0.320. The largest absolute Gasteiger partial charge is 0.353 e. The van der Waals surface area contributed by atoms with Crippen LogP contribution in [0.1, 0.15) is 29.4 Å². The molecular weight excluding hydrogens is 486 g/mol. The maximum atomic E-state index is 14.2. The molecule has 0 spiro atoms. The summed E-state index contributed by atoms with van der Waals surface area (Å²) in [6, 6.07) is 3.85. The monoisotopic (exact) mass is 512 g/mol. The molecule has 11 heteroatoms. The van der Waals surface area contributed by atoms with Gasteiger partial charge in [-0.25, -0.2) is 27.2 Å². The van der Waals surface area contributed by atoms with Crippen LogP contribution >= 0.6 is 0 Å². The van der Waals surface area contributed by atoms with Crippen LogP contribution in [-0.4, -0.2) is 61.5 Å². The molecule has 0 aliphatic carbocycles. The van der Waals surface area contributed by atoms with Crippen molar-refractivity contribution in [3.63, 3.8) is 0 Å². The Bertz CT molecular complexity index is 1440. The quantitative estimate of drug-likeness (QED) is 0.526. The van der Waals surface area contributed by atoms with Crippen molar-refractivity contribution in [3.8, 4) is 11.8 Å². The molecule has 1 aliphatic heterocycles. The molecule has 188 valence electrons. The van der Waals surface area contributed by atoms with Gasteiger partial charge in [0.2, 0.25) is 0 Å². The summed E-state index contributed by atoms with van der Waals surface area (Å²) in [6.07, 6.45) is 3.50. The first-order chi connectivity index (χ1) is 17.2. The van der Waals surface area contributed by atoms with Crippen molar-refractivity contribution in [2.45, 2.75) is 25.2 Å². The smallest absolute Gasteiger partial charge is 0.264 e. The zero-order chi connectivity index (χ0) is 25.9. The van der Waals surface area contributed by atoms with E-state index < -0.39 is 26.6 Å². The number of hydrogen-bond acceptors (Lipinski definition) is 7. The van der Waals surface area contributed by atoms with E-state index >= 15 is 0 Å². The number of rotatable bonds is 5. The van der Waals surface area contributed by atoms with Crippen LogP contribution in [0.2, 0.25) is 0 Å². The average molecular weight is 513 g/mol. The summed E-state index contributed by atoms with van der Waals surface area (Å²) in [7, 11) is -2.24. The molecule has 3 heterocycles. The highest BCUT2D eigenvalue weighted by molar-refractivity contribution is 7.92. The first-order valence-electron chi connectivity index (χ1n) is 11.4. The minimum Gasteiger partial charge on any atom is -0.353 e. The Morgan fingerprint density at radius 2 is 1.81 bits per heavy atom. The zero-order valence-corrected chi connectivity index (χ0v) is 21.0.